The topological polar surface area (TPSA) is 79.8 Å². The van der Waals surface area contributed by atoms with Gasteiger partial charge in [-0.05, 0) is 47.6 Å². The number of benzene rings is 2. The Morgan fingerprint density at radius 2 is 1.83 bits per heavy atom. The van der Waals surface area contributed by atoms with Gasteiger partial charge in [0.05, 0.1) is 5.75 Å². The lowest BCUT2D eigenvalue weighted by Gasteiger charge is -2.12. The van der Waals surface area contributed by atoms with E-state index in [1.54, 1.807) is 4.57 Å². The minimum Gasteiger partial charge on any atom is -0.325 e. The Hall–Kier alpha value is -2.80. The Balaban J connectivity index is 1.39. The fraction of sp³-hybridized carbons (Fsp3) is 0.318. The van der Waals surface area contributed by atoms with Crippen LogP contribution in [0.25, 0.3) is 0 Å². The summed E-state index contributed by atoms with van der Waals surface area (Å²) < 4.78 is 1.69. The number of hydrogen-bond acceptors (Lipinski definition) is 4. The van der Waals surface area contributed by atoms with Crippen LogP contribution in [0.3, 0.4) is 0 Å². The smallest absolute Gasteiger partial charge is 0.325 e. The summed E-state index contributed by atoms with van der Waals surface area (Å²) in [6.45, 7) is 4.27. The van der Waals surface area contributed by atoms with Crippen LogP contribution in [0, 0.1) is 0 Å². The first-order valence-electron chi connectivity index (χ1n) is 9.77. The molecule has 3 aromatic rings. The highest BCUT2D eigenvalue weighted by molar-refractivity contribution is 7.99. The van der Waals surface area contributed by atoms with Crippen molar-refractivity contribution in [3.63, 3.8) is 0 Å². The molecule has 2 aromatic carbocycles. The minimum absolute atomic E-state index is 0.0350. The highest BCUT2D eigenvalue weighted by Gasteiger charge is 2.26. The number of amides is 1. The fourth-order valence-electron chi connectivity index (χ4n) is 3.71. The molecule has 0 spiro atoms. The zero-order chi connectivity index (χ0) is 20.4. The lowest BCUT2D eigenvalue weighted by atomic mass is 10.0. The predicted molar refractivity (Wildman–Crippen MR) is 116 cm³/mol. The van der Waals surface area contributed by atoms with Crippen LogP contribution in [0.1, 0.15) is 42.5 Å². The van der Waals surface area contributed by atoms with Gasteiger partial charge >= 0.3 is 5.69 Å². The summed E-state index contributed by atoms with van der Waals surface area (Å²) in [6, 6.07) is 16.2. The summed E-state index contributed by atoms with van der Waals surface area (Å²) in [5.74, 6) is 0.521. The second-order valence-electron chi connectivity index (χ2n) is 7.63. The zero-order valence-corrected chi connectivity index (χ0v) is 17.3. The standard InChI is InChI=1S/C22H24N4O2S/c1-14(2)15-7-9-18(10-8-15)23-20(27)13-29-22-25-24-21(28)26(22)19-11-16-5-3-4-6-17(16)12-19/h3-10,14,19H,11-13H2,1-2H3,(H,23,27)(H,24,28). The Labute approximate surface area is 173 Å². The number of carbonyl (C=O) groups is 1. The molecular weight excluding hydrogens is 384 g/mol. The van der Waals surface area contributed by atoms with E-state index in [1.807, 2.05) is 36.4 Å². The number of H-pyrrole nitrogens is 1. The van der Waals surface area contributed by atoms with Gasteiger partial charge in [-0.15, -0.1) is 5.10 Å². The number of aromatic amines is 1. The maximum atomic E-state index is 12.4. The number of nitrogens with zero attached hydrogens (tertiary/aromatic N) is 2. The van der Waals surface area contributed by atoms with Crippen LogP contribution in [0.5, 0.6) is 0 Å². The molecule has 1 amide bonds. The second-order valence-corrected chi connectivity index (χ2v) is 8.57. The molecule has 6 nitrogen and oxygen atoms in total. The molecule has 0 bridgehead atoms. The summed E-state index contributed by atoms with van der Waals surface area (Å²) in [5.41, 5.74) is 4.31. The van der Waals surface area contributed by atoms with Crippen LogP contribution < -0.4 is 11.0 Å². The van der Waals surface area contributed by atoms with Gasteiger partial charge < -0.3 is 5.32 Å². The minimum atomic E-state index is -0.227. The van der Waals surface area contributed by atoms with Crippen LogP contribution in [0.4, 0.5) is 5.69 Å². The predicted octanol–water partition coefficient (Wildman–Crippen LogP) is 3.77. The van der Waals surface area contributed by atoms with Crippen LogP contribution in [-0.2, 0) is 17.6 Å². The molecule has 1 heterocycles. The number of rotatable bonds is 6. The molecule has 1 aliphatic rings. The van der Waals surface area contributed by atoms with Crippen LogP contribution >= 0.6 is 11.8 Å². The average Bonchev–Trinajstić information content (AvgIpc) is 3.29. The average molecular weight is 409 g/mol. The molecule has 0 saturated carbocycles. The molecule has 0 unspecified atom stereocenters. The number of anilines is 1. The molecule has 0 aliphatic heterocycles. The highest BCUT2D eigenvalue weighted by atomic mass is 32.2. The lowest BCUT2D eigenvalue weighted by molar-refractivity contribution is -0.113. The second kappa shape index (κ2) is 8.29. The number of nitrogens with one attached hydrogen (secondary N) is 2. The van der Waals surface area contributed by atoms with E-state index in [0.29, 0.717) is 11.1 Å². The zero-order valence-electron chi connectivity index (χ0n) is 16.5. The van der Waals surface area contributed by atoms with Crippen molar-refractivity contribution in [1.82, 2.24) is 14.8 Å². The van der Waals surface area contributed by atoms with E-state index in [1.165, 1.54) is 28.5 Å². The van der Waals surface area contributed by atoms with Crippen molar-refractivity contribution in [2.45, 2.75) is 43.8 Å². The molecule has 0 radical (unpaired) electrons. The van der Waals surface area contributed by atoms with Crippen LogP contribution in [-0.4, -0.2) is 26.4 Å². The van der Waals surface area contributed by atoms with E-state index in [-0.39, 0.29) is 23.4 Å². The third-order valence-electron chi connectivity index (χ3n) is 5.26. The van der Waals surface area contributed by atoms with E-state index in [9.17, 15) is 9.59 Å². The van der Waals surface area contributed by atoms with Gasteiger partial charge in [-0.1, -0.05) is 62.0 Å². The summed E-state index contributed by atoms with van der Waals surface area (Å²) in [7, 11) is 0. The normalized spacial score (nSPS) is 13.6. The first-order chi connectivity index (χ1) is 14.0. The van der Waals surface area contributed by atoms with E-state index in [2.05, 4.69) is 41.5 Å². The Morgan fingerprint density at radius 1 is 1.17 bits per heavy atom. The molecular formula is C22H24N4O2S. The van der Waals surface area contributed by atoms with Gasteiger partial charge in [-0.25, -0.2) is 9.89 Å². The van der Waals surface area contributed by atoms with Crippen molar-refractivity contribution in [2.24, 2.45) is 0 Å². The molecule has 4 rings (SSSR count). The van der Waals surface area contributed by atoms with Gasteiger partial charge in [-0.3, -0.25) is 9.36 Å². The highest BCUT2D eigenvalue weighted by Crippen LogP contribution is 2.31. The van der Waals surface area contributed by atoms with Crippen molar-refractivity contribution in [2.75, 3.05) is 11.1 Å². The molecule has 7 heteroatoms. The van der Waals surface area contributed by atoms with Crippen molar-refractivity contribution in [3.05, 3.63) is 75.7 Å². The maximum Gasteiger partial charge on any atom is 0.344 e. The monoisotopic (exact) mass is 408 g/mol. The molecule has 0 atom stereocenters. The Morgan fingerprint density at radius 3 is 2.45 bits per heavy atom. The molecule has 1 aliphatic carbocycles. The SMILES string of the molecule is CC(C)c1ccc(NC(=O)CSc2n[nH]c(=O)n2C2Cc3ccccc3C2)cc1. The van der Waals surface area contributed by atoms with Gasteiger partial charge in [0.15, 0.2) is 5.16 Å². The fourth-order valence-corrected chi connectivity index (χ4v) is 4.52. The number of hydrogen-bond donors (Lipinski definition) is 2. The molecule has 0 saturated heterocycles. The van der Waals surface area contributed by atoms with Gasteiger partial charge in [0, 0.05) is 11.7 Å². The molecule has 29 heavy (non-hydrogen) atoms. The number of aromatic nitrogens is 3. The van der Waals surface area contributed by atoms with Crippen molar-refractivity contribution < 1.29 is 4.79 Å². The lowest BCUT2D eigenvalue weighted by Crippen LogP contribution is -2.24. The molecule has 1 aromatic heterocycles. The first kappa shape index (κ1) is 19.5. The summed E-state index contributed by atoms with van der Waals surface area (Å²) in [5, 5.41) is 10.1. The molecule has 2 N–H and O–H groups in total. The van der Waals surface area contributed by atoms with Gasteiger partial charge in [0.25, 0.3) is 0 Å². The van der Waals surface area contributed by atoms with E-state index < -0.39 is 0 Å². The molecule has 0 fully saturated rings. The van der Waals surface area contributed by atoms with E-state index >= 15 is 0 Å². The summed E-state index contributed by atoms with van der Waals surface area (Å²) in [4.78, 5) is 24.7. The number of carbonyl (C=O) groups excluding carboxylic acids is 1. The number of thioether (sulfide) groups is 1. The largest absolute Gasteiger partial charge is 0.344 e. The quantitative estimate of drug-likeness (QED) is 0.609. The van der Waals surface area contributed by atoms with E-state index in [4.69, 9.17) is 0 Å². The maximum absolute atomic E-state index is 12.4. The Kier molecular flexibility index (Phi) is 5.58. The first-order valence-corrected chi connectivity index (χ1v) is 10.8. The van der Waals surface area contributed by atoms with Gasteiger partial charge in [0.2, 0.25) is 5.91 Å². The third-order valence-corrected chi connectivity index (χ3v) is 6.21. The van der Waals surface area contributed by atoms with E-state index in [0.717, 1.165) is 18.5 Å². The summed E-state index contributed by atoms with van der Waals surface area (Å²) >= 11 is 1.28. The van der Waals surface area contributed by atoms with Crippen LogP contribution in [0.2, 0.25) is 0 Å². The van der Waals surface area contributed by atoms with Gasteiger partial charge in [0.1, 0.15) is 0 Å². The summed E-state index contributed by atoms with van der Waals surface area (Å²) in [6.07, 6.45) is 1.61. The van der Waals surface area contributed by atoms with Crippen molar-refractivity contribution in [1.29, 1.82) is 0 Å². The Bertz CT molecular complexity index is 1040. The third kappa shape index (κ3) is 4.29. The van der Waals surface area contributed by atoms with Crippen LogP contribution in [0.15, 0.2) is 58.5 Å². The van der Waals surface area contributed by atoms with Crippen molar-refractivity contribution in [3.8, 4) is 0 Å². The van der Waals surface area contributed by atoms with Gasteiger partial charge in [-0.2, -0.15) is 0 Å². The molecule has 150 valence electrons. The van der Waals surface area contributed by atoms with Crippen molar-refractivity contribution >= 4 is 23.4 Å². The number of fused-ring (bicyclic) bond motifs is 1.